The van der Waals surface area contributed by atoms with Gasteiger partial charge in [0.2, 0.25) is 0 Å². The average molecular weight is 283 g/mol. The van der Waals surface area contributed by atoms with Gasteiger partial charge in [-0.2, -0.15) is 0 Å². The second-order valence-corrected chi connectivity index (χ2v) is 7.09. The maximum atomic E-state index is 9.76. The second kappa shape index (κ2) is 5.49. The molecule has 112 valence electrons. The number of hydrogen-bond acceptors (Lipinski definition) is 2. The van der Waals surface area contributed by atoms with Crippen LogP contribution in [0.4, 0.5) is 0 Å². The van der Waals surface area contributed by atoms with Gasteiger partial charge in [-0.05, 0) is 62.1 Å². The van der Waals surface area contributed by atoms with E-state index in [-0.39, 0.29) is 0 Å². The van der Waals surface area contributed by atoms with Crippen molar-refractivity contribution >= 4 is 0 Å². The van der Waals surface area contributed by atoms with Crippen LogP contribution in [-0.2, 0) is 0 Å². The average Bonchev–Trinajstić information content (AvgIpc) is 3.31. The van der Waals surface area contributed by atoms with Crippen LogP contribution in [0.15, 0.2) is 35.4 Å². The molecular weight excluding hydrogens is 258 g/mol. The second-order valence-electron chi connectivity index (χ2n) is 7.09. The summed E-state index contributed by atoms with van der Waals surface area (Å²) in [6, 6.07) is 8.79. The number of phenolic OH excluding ortho intramolecular Hbond substituents is 1. The third-order valence-corrected chi connectivity index (χ3v) is 5.44. The van der Waals surface area contributed by atoms with Crippen molar-refractivity contribution < 1.29 is 5.11 Å². The Hall–Kier alpha value is -1.28. The maximum absolute atomic E-state index is 9.76. The molecule has 0 amide bonds. The van der Waals surface area contributed by atoms with E-state index >= 15 is 0 Å². The first-order chi connectivity index (χ1) is 10.3. The van der Waals surface area contributed by atoms with Crippen molar-refractivity contribution in [2.24, 2.45) is 5.92 Å². The molecule has 21 heavy (non-hydrogen) atoms. The number of aromatic hydroxyl groups is 1. The lowest BCUT2D eigenvalue weighted by atomic mass is 9.78. The van der Waals surface area contributed by atoms with E-state index < -0.39 is 0 Å². The van der Waals surface area contributed by atoms with Crippen LogP contribution in [0, 0.1) is 5.92 Å². The molecule has 0 unspecified atom stereocenters. The van der Waals surface area contributed by atoms with Crippen molar-refractivity contribution in [2.75, 3.05) is 0 Å². The molecule has 2 heteroatoms. The van der Waals surface area contributed by atoms with Crippen LogP contribution in [0.3, 0.4) is 0 Å². The Morgan fingerprint density at radius 1 is 1.14 bits per heavy atom. The monoisotopic (exact) mass is 283 g/mol. The quantitative estimate of drug-likeness (QED) is 0.802. The van der Waals surface area contributed by atoms with E-state index in [1.165, 1.54) is 50.5 Å². The molecule has 3 aliphatic rings. The molecule has 0 radical (unpaired) electrons. The molecule has 1 heterocycles. The number of nitrogens with one attached hydrogen (secondary N) is 1. The molecule has 1 aliphatic heterocycles. The molecule has 0 bridgehead atoms. The summed E-state index contributed by atoms with van der Waals surface area (Å²) in [5.74, 6) is 1.34. The van der Waals surface area contributed by atoms with Gasteiger partial charge >= 0.3 is 0 Å². The standard InChI is InChI=1S/C19H25NO/c21-16-6-3-5-15(11-16)18-12-14-4-1-2-7-17(14)19(20-18)10-13-8-9-13/h3,5-6,11,13,18-21H,1-2,4,7-10,12H2/t18-,19+/m0/s1. The van der Waals surface area contributed by atoms with E-state index in [0.29, 0.717) is 17.8 Å². The van der Waals surface area contributed by atoms with Crippen LogP contribution in [0.5, 0.6) is 5.75 Å². The van der Waals surface area contributed by atoms with Gasteiger partial charge in [-0.3, -0.25) is 0 Å². The first-order valence-corrected chi connectivity index (χ1v) is 8.55. The van der Waals surface area contributed by atoms with Crippen LogP contribution in [0.25, 0.3) is 0 Å². The van der Waals surface area contributed by atoms with Gasteiger partial charge in [0, 0.05) is 12.1 Å². The lowest BCUT2D eigenvalue weighted by Gasteiger charge is -2.38. The summed E-state index contributed by atoms with van der Waals surface area (Å²) in [4.78, 5) is 0. The van der Waals surface area contributed by atoms with Crippen molar-refractivity contribution in [1.29, 1.82) is 0 Å². The third-order valence-electron chi connectivity index (χ3n) is 5.44. The van der Waals surface area contributed by atoms with Crippen LogP contribution in [-0.4, -0.2) is 11.1 Å². The predicted octanol–water partition coefficient (Wildman–Crippen LogP) is 4.47. The topological polar surface area (TPSA) is 32.3 Å². The molecule has 4 rings (SSSR count). The van der Waals surface area contributed by atoms with E-state index in [1.807, 2.05) is 12.1 Å². The minimum absolute atomic E-state index is 0.386. The van der Waals surface area contributed by atoms with Gasteiger partial charge < -0.3 is 10.4 Å². The Morgan fingerprint density at radius 2 is 2.00 bits per heavy atom. The fourth-order valence-corrected chi connectivity index (χ4v) is 4.15. The molecular formula is C19H25NO. The van der Waals surface area contributed by atoms with Crippen molar-refractivity contribution in [3.8, 4) is 5.75 Å². The van der Waals surface area contributed by atoms with E-state index in [1.54, 1.807) is 17.2 Å². The van der Waals surface area contributed by atoms with Gasteiger partial charge in [0.1, 0.15) is 5.75 Å². The summed E-state index contributed by atoms with van der Waals surface area (Å²) in [5.41, 5.74) is 4.71. The number of phenols is 1. The molecule has 2 N–H and O–H groups in total. The summed E-state index contributed by atoms with van der Waals surface area (Å²) in [6.45, 7) is 0. The lowest BCUT2D eigenvalue weighted by Crippen LogP contribution is -2.40. The zero-order valence-corrected chi connectivity index (χ0v) is 12.6. The van der Waals surface area contributed by atoms with E-state index in [2.05, 4.69) is 11.4 Å². The zero-order valence-electron chi connectivity index (χ0n) is 12.6. The van der Waals surface area contributed by atoms with Gasteiger partial charge in [0.25, 0.3) is 0 Å². The fraction of sp³-hybridized carbons (Fsp3) is 0.579. The van der Waals surface area contributed by atoms with Crippen molar-refractivity contribution in [3.05, 3.63) is 41.0 Å². The summed E-state index contributed by atoms with van der Waals surface area (Å²) in [5, 5.41) is 13.7. The van der Waals surface area contributed by atoms with Crippen molar-refractivity contribution in [1.82, 2.24) is 5.32 Å². The molecule has 0 aromatic heterocycles. The highest BCUT2D eigenvalue weighted by Crippen LogP contribution is 2.43. The predicted molar refractivity (Wildman–Crippen MR) is 85.2 cm³/mol. The van der Waals surface area contributed by atoms with Crippen LogP contribution < -0.4 is 5.32 Å². The molecule has 1 aromatic rings. The van der Waals surface area contributed by atoms with E-state index in [0.717, 1.165) is 12.3 Å². The highest BCUT2D eigenvalue weighted by atomic mass is 16.3. The molecule has 2 aliphatic carbocycles. The third kappa shape index (κ3) is 2.87. The van der Waals surface area contributed by atoms with E-state index in [4.69, 9.17) is 0 Å². The maximum Gasteiger partial charge on any atom is 0.115 e. The molecule has 0 saturated heterocycles. The van der Waals surface area contributed by atoms with Gasteiger partial charge in [-0.15, -0.1) is 0 Å². The summed E-state index contributed by atoms with van der Waals surface area (Å²) in [6.07, 6.45) is 10.7. The summed E-state index contributed by atoms with van der Waals surface area (Å²) < 4.78 is 0. The minimum atomic E-state index is 0.386. The smallest absolute Gasteiger partial charge is 0.115 e. The molecule has 1 fully saturated rings. The van der Waals surface area contributed by atoms with Gasteiger partial charge in [0.15, 0.2) is 0 Å². The summed E-state index contributed by atoms with van der Waals surface area (Å²) >= 11 is 0. The first-order valence-electron chi connectivity index (χ1n) is 8.55. The van der Waals surface area contributed by atoms with Gasteiger partial charge in [0.05, 0.1) is 0 Å². The molecule has 1 aromatic carbocycles. The highest BCUT2D eigenvalue weighted by molar-refractivity contribution is 5.34. The Labute approximate surface area is 127 Å². The van der Waals surface area contributed by atoms with Crippen LogP contribution in [0.2, 0.25) is 0 Å². The lowest BCUT2D eigenvalue weighted by molar-refractivity contribution is 0.374. The van der Waals surface area contributed by atoms with Crippen LogP contribution in [0.1, 0.15) is 63.0 Å². The Morgan fingerprint density at radius 3 is 2.81 bits per heavy atom. The summed E-state index contributed by atoms with van der Waals surface area (Å²) in [7, 11) is 0. The van der Waals surface area contributed by atoms with Crippen molar-refractivity contribution in [2.45, 2.75) is 63.5 Å². The number of rotatable bonds is 3. The Kier molecular flexibility index (Phi) is 3.50. The Bertz CT molecular complexity index is 558. The van der Waals surface area contributed by atoms with Gasteiger partial charge in [-0.25, -0.2) is 0 Å². The SMILES string of the molecule is Oc1cccc([C@@H]2CC3=C(CCCC3)[C@@H](CC3CC3)N2)c1. The minimum Gasteiger partial charge on any atom is -0.508 e. The highest BCUT2D eigenvalue weighted by Gasteiger charge is 2.34. The molecule has 2 nitrogen and oxygen atoms in total. The molecule has 1 saturated carbocycles. The molecule has 0 spiro atoms. The fourth-order valence-electron chi connectivity index (χ4n) is 4.15. The van der Waals surface area contributed by atoms with E-state index in [9.17, 15) is 5.11 Å². The van der Waals surface area contributed by atoms with Gasteiger partial charge in [-0.1, -0.05) is 36.1 Å². The van der Waals surface area contributed by atoms with Crippen molar-refractivity contribution in [3.63, 3.8) is 0 Å². The normalized spacial score (nSPS) is 29.3. The first kappa shape index (κ1) is 13.4. The number of hydrogen-bond donors (Lipinski definition) is 2. The molecule has 2 atom stereocenters. The number of benzene rings is 1. The Balaban J connectivity index is 1.61. The zero-order chi connectivity index (χ0) is 14.2. The largest absolute Gasteiger partial charge is 0.508 e. The van der Waals surface area contributed by atoms with Crippen LogP contribution >= 0.6 is 0 Å².